The van der Waals surface area contributed by atoms with E-state index < -0.39 is 10.0 Å². The molecule has 1 N–H and O–H groups in total. The van der Waals surface area contributed by atoms with Crippen LogP contribution in [0.3, 0.4) is 0 Å². The zero-order chi connectivity index (χ0) is 9.47. The molecule has 1 aromatic rings. The second-order valence-electron chi connectivity index (χ2n) is 2.82. The molecule has 2 rings (SSSR count). The molecule has 0 unspecified atom stereocenters. The van der Waals surface area contributed by atoms with Gasteiger partial charge in [-0.05, 0) is 24.6 Å². The second-order valence-corrected chi connectivity index (χ2v) is 4.50. The largest absolute Gasteiger partial charge is 0.286 e. The normalized spacial score (nSPS) is 17.6. The van der Waals surface area contributed by atoms with Crippen LogP contribution in [0.25, 0.3) is 6.08 Å². The fraction of sp³-hybridized carbons (Fsp3) is 0.125. The van der Waals surface area contributed by atoms with Gasteiger partial charge in [0, 0.05) is 18.1 Å². The summed E-state index contributed by atoms with van der Waals surface area (Å²) in [6, 6.07) is 1.74. The summed E-state index contributed by atoms with van der Waals surface area (Å²) in [6.45, 7) is 1.82. The lowest BCUT2D eigenvalue weighted by Gasteiger charge is -2.11. The summed E-state index contributed by atoms with van der Waals surface area (Å²) in [5.41, 5.74) is 1.49. The molecule has 0 saturated carbocycles. The van der Waals surface area contributed by atoms with E-state index in [0.717, 1.165) is 5.69 Å². The minimum atomic E-state index is -3.36. The smallest absolute Gasteiger partial charge is 0.263 e. The molecule has 0 radical (unpaired) electrons. The summed E-state index contributed by atoms with van der Waals surface area (Å²) < 4.78 is 25.0. The lowest BCUT2D eigenvalue weighted by molar-refractivity contribution is 0.589. The number of rotatable bonds is 0. The molecule has 1 aromatic heterocycles. The van der Waals surface area contributed by atoms with Gasteiger partial charge >= 0.3 is 0 Å². The molecule has 1 aliphatic heterocycles. The summed E-state index contributed by atoms with van der Waals surface area (Å²) >= 11 is 0. The topological polar surface area (TPSA) is 59.1 Å². The van der Waals surface area contributed by atoms with Gasteiger partial charge in [0.2, 0.25) is 0 Å². The van der Waals surface area contributed by atoms with E-state index in [9.17, 15) is 8.42 Å². The van der Waals surface area contributed by atoms with Gasteiger partial charge in [0.1, 0.15) is 4.90 Å². The molecule has 0 amide bonds. The van der Waals surface area contributed by atoms with Gasteiger partial charge in [0.15, 0.2) is 0 Å². The van der Waals surface area contributed by atoms with Crippen molar-refractivity contribution < 1.29 is 8.42 Å². The molecule has 1 aliphatic rings. The SMILES string of the molecule is Cc1cc2c(cn1)S(=O)(=O)NC=C2. The molecule has 0 bridgehead atoms. The Balaban J connectivity index is 2.75. The number of sulfonamides is 1. The molecule has 0 atom stereocenters. The lowest BCUT2D eigenvalue weighted by Crippen LogP contribution is -2.21. The van der Waals surface area contributed by atoms with Crippen molar-refractivity contribution in [2.24, 2.45) is 0 Å². The van der Waals surface area contributed by atoms with E-state index in [1.807, 2.05) is 6.92 Å². The molecule has 0 saturated heterocycles. The molecule has 0 aromatic carbocycles. The van der Waals surface area contributed by atoms with Crippen LogP contribution in [0, 0.1) is 6.92 Å². The highest BCUT2D eigenvalue weighted by Crippen LogP contribution is 2.19. The van der Waals surface area contributed by atoms with Crippen molar-refractivity contribution in [3.8, 4) is 0 Å². The van der Waals surface area contributed by atoms with Crippen molar-refractivity contribution in [2.75, 3.05) is 0 Å². The van der Waals surface area contributed by atoms with E-state index in [2.05, 4.69) is 9.71 Å². The van der Waals surface area contributed by atoms with Crippen molar-refractivity contribution in [3.05, 3.63) is 29.7 Å². The molecule has 13 heavy (non-hydrogen) atoms. The van der Waals surface area contributed by atoms with Crippen LogP contribution >= 0.6 is 0 Å². The third-order valence-electron chi connectivity index (χ3n) is 1.81. The quantitative estimate of drug-likeness (QED) is 0.663. The maximum absolute atomic E-state index is 11.4. The summed E-state index contributed by atoms with van der Waals surface area (Å²) in [5, 5.41) is 0. The van der Waals surface area contributed by atoms with Crippen LogP contribution in [0.5, 0.6) is 0 Å². The molecule has 4 nitrogen and oxygen atoms in total. The summed E-state index contributed by atoms with van der Waals surface area (Å²) in [4.78, 5) is 4.17. The summed E-state index contributed by atoms with van der Waals surface area (Å²) in [6.07, 6.45) is 4.50. The molecule has 2 heterocycles. The second kappa shape index (κ2) is 2.56. The number of aryl methyl sites for hydroxylation is 1. The van der Waals surface area contributed by atoms with Gasteiger partial charge in [-0.1, -0.05) is 0 Å². The first-order valence-electron chi connectivity index (χ1n) is 3.75. The van der Waals surface area contributed by atoms with E-state index in [1.54, 1.807) is 12.1 Å². The van der Waals surface area contributed by atoms with Gasteiger partial charge in [-0.3, -0.25) is 9.71 Å². The number of hydrogen-bond acceptors (Lipinski definition) is 3. The maximum atomic E-state index is 11.4. The minimum absolute atomic E-state index is 0.237. The number of nitrogens with one attached hydrogen (secondary N) is 1. The van der Waals surface area contributed by atoms with Crippen molar-refractivity contribution in [1.82, 2.24) is 9.71 Å². The highest BCUT2D eigenvalue weighted by Gasteiger charge is 2.19. The Bertz CT molecular complexity index is 477. The van der Waals surface area contributed by atoms with Crippen LogP contribution in [-0.4, -0.2) is 13.4 Å². The third kappa shape index (κ3) is 1.31. The van der Waals surface area contributed by atoms with Crippen LogP contribution in [0.4, 0.5) is 0 Å². The molecule has 68 valence electrons. The van der Waals surface area contributed by atoms with Gasteiger partial charge in [0.25, 0.3) is 10.0 Å². The van der Waals surface area contributed by atoms with Crippen LogP contribution in [-0.2, 0) is 10.0 Å². The van der Waals surface area contributed by atoms with Gasteiger partial charge in [-0.15, -0.1) is 0 Å². The highest BCUT2D eigenvalue weighted by atomic mass is 32.2. The number of aromatic nitrogens is 1. The van der Waals surface area contributed by atoms with E-state index in [-0.39, 0.29) is 4.90 Å². The molecular weight excluding hydrogens is 188 g/mol. The Hall–Kier alpha value is -1.36. The fourth-order valence-electron chi connectivity index (χ4n) is 1.20. The highest BCUT2D eigenvalue weighted by molar-refractivity contribution is 7.89. The van der Waals surface area contributed by atoms with E-state index >= 15 is 0 Å². The Labute approximate surface area is 76.4 Å². The van der Waals surface area contributed by atoms with Crippen molar-refractivity contribution in [3.63, 3.8) is 0 Å². The summed E-state index contributed by atoms with van der Waals surface area (Å²) in [5.74, 6) is 0. The fourth-order valence-corrected chi connectivity index (χ4v) is 2.20. The van der Waals surface area contributed by atoms with Crippen molar-refractivity contribution in [2.45, 2.75) is 11.8 Å². The number of pyridine rings is 1. The Morgan fingerprint density at radius 2 is 2.23 bits per heavy atom. The predicted molar refractivity (Wildman–Crippen MR) is 48.3 cm³/mol. The first-order chi connectivity index (χ1) is 6.09. The van der Waals surface area contributed by atoms with E-state index in [4.69, 9.17) is 0 Å². The third-order valence-corrected chi connectivity index (χ3v) is 3.18. The zero-order valence-electron chi connectivity index (χ0n) is 6.98. The average molecular weight is 196 g/mol. The van der Waals surface area contributed by atoms with Gasteiger partial charge in [-0.25, -0.2) is 8.42 Å². The predicted octanol–water partition coefficient (Wildman–Crippen LogP) is 0.653. The first kappa shape index (κ1) is 8.25. The monoisotopic (exact) mass is 196 g/mol. The first-order valence-corrected chi connectivity index (χ1v) is 5.23. The van der Waals surface area contributed by atoms with Crippen molar-refractivity contribution in [1.29, 1.82) is 0 Å². The van der Waals surface area contributed by atoms with E-state index in [0.29, 0.717) is 5.56 Å². The number of fused-ring (bicyclic) bond motifs is 1. The number of hydrogen-bond donors (Lipinski definition) is 1. The molecular formula is C8H8N2O2S. The zero-order valence-corrected chi connectivity index (χ0v) is 7.80. The minimum Gasteiger partial charge on any atom is -0.286 e. The van der Waals surface area contributed by atoms with Gasteiger partial charge in [0.05, 0.1) is 0 Å². The van der Waals surface area contributed by atoms with Crippen LogP contribution in [0.15, 0.2) is 23.4 Å². The molecule has 0 fully saturated rings. The van der Waals surface area contributed by atoms with Crippen molar-refractivity contribution >= 4 is 16.1 Å². The van der Waals surface area contributed by atoms with Crippen LogP contribution in [0.1, 0.15) is 11.3 Å². The van der Waals surface area contributed by atoms with Crippen LogP contribution < -0.4 is 4.72 Å². The van der Waals surface area contributed by atoms with Gasteiger partial charge in [-0.2, -0.15) is 0 Å². The number of nitrogens with zero attached hydrogens (tertiary/aromatic N) is 1. The lowest BCUT2D eigenvalue weighted by atomic mass is 10.2. The standard InChI is InChI=1S/C8H8N2O2S/c1-6-4-7-2-3-10-13(11,12)8(7)5-9-6/h2-5,10H,1H3. The Morgan fingerprint density at radius 1 is 1.46 bits per heavy atom. The Kier molecular flexibility index (Phi) is 1.63. The molecule has 0 spiro atoms. The van der Waals surface area contributed by atoms with Crippen LogP contribution in [0.2, 0.25) is 0 Å². The summed E-state index contributed by atoms with van der Waals surface area (Å²) in [7, 11) is -3.36. The van der Waals surface area contributed by atoms with E-state index in [1.165, 1.54) is 12.4 Å². The maximum Gasteiger partial charge on any atom is 0.263 e. The Morgan fingerprint density at radius 3 is 3.00 bits per heavy atom. The average Bonchev–Trinajstić information content (AvgIpc) is 2.02. The molecule has 0 aliphatic carbocycles. The molecule has 5 heteroatoms. The van der Waals surface area contributed by atoms with Gasteiger partial charge < -0.3 is 0 Å².